The van der Waals surface area contributed by atoms with Crippen molar-refractivity contribution in [3.63, 3.8) is 0 Å². The van der Waals surface area contributed by atoms with Gasteiger partial charge in [0.15, 0.2) is 0 Å². The molecule has 25 heavy (non-hydrogen) atoms. The van der Waals surface area contributed by atoms with Crippen LogP contribution in [-0.4, -0.2) is 17.5 Å². The van der Waals surface area contributed by atoms with Crippen LogP contribution < -0.4 is 0 Å². The highest BCUT2D eigenvalue weighted by Gasteiger charge is 2.11. The molecule has 0 atom stereocenters. The van der Waals surface area contributed by atoms with Crippen molar-refractivity contribution in [2.45, 2.75) is 29.6 Å². The van der Waals surface area contributed by atoms with Crippen molar-refractivity contribution in [1.82, 2.24) is 0 Å². The van der Waals surface area contributed by atoms with E-state index in [1.54, 1.807) is 30.0 Å². The van der Waals surface area contributed by atoms with E-state index in [0.717, 1.165) is 9.79 Å². The molecule has 5 heteroatoms. The number of carbonyl (C=O) groups excluding carboxylic acids is 2. The van der Waals surface area contributed by atoms with Gasteiger partial charge < -0.3 is 4.84 Å². The molecule has 0 saturated heterocycles. The first-order chi connectivity index (χ1) is 12.1. The lowest BCUT2D eigenvalue weighted by Crippen LogP contribution is -2.12. The number of Topliss-reactive ketones (excluding diaryl/α,β-unsaturated/α-hetero) is 1. The summed E-state index contributed by atoms with van der Waals surface area (Å²) in [6.07, 6.45) is 2.33. The van der Waals surface area contributed by atoms with Crippen molar-refractivity contribution in [2.75, 3.05) is 0 Å². The lowest BCUT2D eigenvalue weighted by atomic mass is 10.1. The van der Waals surface area contributed by atoms with Crippen LogP contribution in [-0.2, 0) is 9.63 Å². The Morgan fingerprint density at radius 2 is 1.72 bits per heavy atom. The Morgan fingerprint density at radius 3 is 2.36 bits per heavy atom. The molecule has 0 fully saturated rings. The summed E-state index contributed by atoms with van der Waals surface area (Å²) in [5.74, 6) is -0.755. The van der Waals surface area contributed by atoms with Crippen molar-refractivity contribution < 1.29 is 14.4 Å². The van der Waals surface area contributed by atoms with Crippen LogP contribution in [0.15, 0.2) is 82.2 Å². The Kier molecular flexibility index (Phi) is 7.16. The molecule has 0 N–H and O–H groups in total. The fourth-order valence-corrected chi connectivity index (χ4v) is 2.77. The lowest BCUT2D eigenvalue weighted by molar-refractivity contribution is -0.143. The van der Waals surface area contributed by atoms with Crippen molar-refractivity contribution in [1.29, 1.82) is 0 Å². The van der Waals surface area contributed by atoms with Crippen molar-refractivity contribution >= 4 is 29.2 Å². The molecule has 0 spiro atoms. The van der Waals surface area contributed by atoms with Crippen LogP contribution in [0, 0.1) is 0 Å². The van der Waals surface area contributed by atoms with Gasteiger partial charge in [-0.3, -0.25) is 4.79 Å². The Labute approximate surface area is 151 Å². The van der Waals surface area contributed by atoms with Gasteiger partial charge in [0.25, 0.3) is 0 Å². The third kappa shape index (κ3) is 6.04. The predicted molar refractivity (Wildman–Crippen MR) is 100.0 cm³/mol. The van der Waals surface area contributed by atoms with E-state index in [-0.39, 0.29) is 17.9 Å². The zero-order chi connectivity index (χ0) is 18.1. The fraction of sp³-hybridized carbons (Fsp3) is 0.150. The smallest absolute Gasteiger partial charge is 0.318 e. The molecule has 0 aliphatic heterocycles. The summed E-state index contributed by atoms with van der Waals surface area (Å²) >= 11 is 1.62. The second-order valence-electron chi connectivity index (χ2n) is 5.24. The first kappa shape index (κ1) is 18.7. The van der Waals surface area contributed by atoms with Gasteiger partial charge in [-0.25, -0.2) is 4.79 Å². The van der Waals surface area contributed by atoms with Crippen LogP contribution in [0.4, 0.5) is 0 Å². The van der Waals surface area contributed by atoms with Crippen molar-refractivity contribution in [2.24, 2.45) is 5.16 Å². The number of hydrogen-bond acceptors (Lipinski definition) is 5. The largest absolute Gasteiger partial charge is 0.335 e. The number of rotatable bonds is 8. The molecule has 0 heterocycles. The van der Waals surface area contributed by atoms with Crippen LogP contribution in [0.3, 0.4) is 0 Å². The predicted octanol–water partition coefficient (Wildman–Crippen LogP) is 4.91. The third-order valence-corrected chi connectivity index (χ3v) is 4.28. The zero-order valence-corrected chi connectivity index (χ0v) is 14.8. The van der Waals surface area contributed by atoms with E-state index in [0.29, 0.717) is 12.0 Å². The van der Waals surface area contributed by atoms with Crippen molar-refractivity contribution in [3.05, 3.63) is 72.8 Å². The number of hydrogen-bond donors (Lipinski definition) is 0. The zero-order valence-electron chi connectivity index (χ0n) is 14.0. The number of ketones is 1. The summed E-state index contributed by atoms with van der Waals surface area (Å²) in [5.41, 5.74) is 0.635. The van der Waals surface area contributed by atoms with Gasteiger partial charge in [0.1, 0.15) is 5.71 Å². The average molecular weight is 353 g/mol. The molecule has 0 aromatic heterocycles. The summed E-state index contributed by atoms with van der Waals surface area (Å²) in [6.45, 7) is 5.05. The van der Waals surface area contributed by atoms with Gasteiger partial charge in [-0.05, 0) is 49.7 Å². The van der Waals surface area contributed by atoms with Gasteiger partial charge in [-0.15, -0.1) is 6.58 Å². The summed E-state index contributed by atoms with van der Waals surface area (Å²) in [5, 5.41) is 3.62. The topological polar surface area (TPSA) is 55.7 Å². The molecule has 0 amide bonds. The molecule has 4 nitrogen and oxygen atoms in total. The van der Waals surface area contributed by atoms with Crippen LogP contribution in [0.1, 0.15) is 30.1 Å². The maximum atomic E-state index is 12.3. The molecule has 0 aliphatic rings. The quantitative estimate of drug-likeness (QED) is 0.222. The lowest BCUT2D eigenvalue weighted by Gasteiger charge is -2.04. The number of oxime groups is 1. The van der Waals surface area contributed by atoms with Gasteiger partial charge in [0.2, 0.25) is 5.78 Å². The minimum atomic E-state index is -0.485. The third-order valence-electron chi connectivity index (χ3n) is 3.26. The number of benzene rings is 2. The molecule has 0 bridgehead atoms. The normalized spacial score (nSPS) is 11.0. The second-order valence-corrected chi connectivity index (χ2v) is 6.38. The van der Waals surface area contributed by atoms with Gasteiger partial charge in [0, 0.05) is 15.4 Å². The Balaban J connectivity index is 1.97. The monoisotopic (exact) mass is 353 g/mol. The summed E-state index contributed by atoms with van der Waals surface area (Å²) in [6, 6.07) is 17.2. The highest BCUT2D eigenvalue weighted by atomic mass is 32.2. The molecule has 2 aromatic rings. The van der Waals surface area contributed by atoms with E-state index in [4.69, 9.17) is 4.84 Å². The molecular formula is C20H19NO3S. The van der Waals surface area contributed by atoms with E-state index in [1.165, 1.54) is 6.92 Å². The van der Waals surface area contributed by atoms with E-state index in [2.05, 4.69) is 11.7 Å². The average Bonchev–Trinajstić information content (AvgIpc) is 2.65. The van der Waals surface area contributed by atoms with Crippen LogP contribution in [0.2, 0.25) is 0 Å². The van der Waals surface area contributed by atoms with E-state index >= 15 is 0 Å². The Morgan fingerprint density at radius 1 is 1.08 bits per heavy atom. The second kappa shape index (κ2) is 9.59. The first-order valence-electron chi connectivity index (χ1n) is 7.83. The molecule has 2 aromatic carbocycles. The molecule has 0 saturated carbocycles. The number of nitrogens with zero attached hydrogens (tertiary/aromatic N) is 1. The highest BCUT2D eigenvalue weighted by Crippen LogP contribution is 2.27. The molecule has 0 aliphatic carbocycles. The molecular weight excluding hydrogens is 334 g/mol. The number of carbonyl (C=O) groups is 2. The first-order valence-corrected chi connectivity index (χ1v) is 8.65. The summed E-state index contributed by atoms with van der Waals surface area (Å²) in [7, 11) is 0. The fourth-order valence-electron chi connectivity index (χ4n) is 1.93. The minimum absolute atomic E-state index is 0.135. The standard InChI is InChI=1S/C20H19NO3S/c1-3-4-10-19(22)24-21-15(2)20(23)16-11-13-18(14-12-16)25-17-8-6-5-7-9-17/h3,5-9,11-14H,1,4,10H2,2H3/b21-15+. The van der Waals surface area contributed by atoms with E-state index < -0.39 is 5.97 Å². The maximum Gasteiger partial charge on any atom is 0.335 e. The van der Waals surface area contributed by atoms with Gasteiger partial charge >= 0.3 is 5.97 Å². The van der Waals surface area contributed by atoms with Crippen LogP contribution in [0.25, 0.3) is 0 Å². The van der Waals surface area contributed by atoms with Crippen molar-refractivity contribution in [3.8, 4) is 0 Å². The Bertz CT molecular complexity index is 767. The maximum absolute atomic E-state index is 12.3. The molecule has 0 unspecified atom stereocenters. The molecule has 128 valence electrons. The van der Waals surface area contributed by atoms with Gasteiger partial charge in [-0.2, -0.15) is 0 Å². The van der Waals surface area contributed by atoms with Crippen LogP contribution in [0.5, 0.6) is 0 Å². The van der Waals surface area contributed by atoms with E-state index in [1.807, 2.05) is 42.5 Å². The summed E-state index contributed by atoms with van der Waals surface area (Å²) < 4.78 is 0. The summed E-state index contributed by atoms with van der Waals surface area (Å²) in [4.78, 5) is 30.6. The number of allylic oxidation sites excluding steroid dienone is 1. The van der Waals surface area contributed by atoms with Gasteiger partial charge in [0.05, 0.1) is 6.42 Å². The van der Waals surface area contributed by atoms with Gasteiger partial charge in [-0.1, -0.05) is 41.2 Å². The SMILES string of the molecule is C=CCCC(=O)O/N=C(\C)C(=O)c1ccc(Sc2ccccc2)cc1. The van der Waals surface area contributed by atoms with E-state index in [9.17, 15) is 9.59 Å². The highest BCUT2D eigenvalue weighted by molar-refractivity contribution is 7.99. The molecule has 0 radical (unpaired) electrons. The molecule has 2 rings (SSSR count). The Hall–Kier alpha value is -2.66. The van der Waals surface area contributed by atoms with Crippen LogP contribution >= 0.6 is 11.8 Å². The minimum Gasteiger partial charge on any atom is -0.318 e.